The number of aromatic amines is 1. The number of hydrogen-bond donors (Lipinski definition) is 5. The van der Waals surface area contributed by atoms with Crippen molar-refractivity contribution in [2.24, 2.45) is 0 Å². The van der Waals surface area contributed by atoms with Gasteiger partial charge in [-0.25, -0.2) is 15.2 Å². The number of aryl methyl sites for hydroxylation is 1. The molecule has 180 valence electrons. The summed E-state index contributed by atoms with van der Waals surface area (Å²) in [6.45, 7) is 5.09. The maximum absolute atomic E-state index is 12.7. The number of anilines is 1. The lowest BCUT2D eigenvalue weighted by Crippen LogP contribution is -2.55. The number of aromatic carboxylic acids is 1. The number of hydrogen-bond acceptors (Lipinski definition) is 8. The maximum Gasteiger partial charge on any atom is 0.348 e. The van der Waals surface area contributed by atoms with Crippen LogP contribution in [-0.4, -0.2) is 83.7 Å². The Morgan fingerprint density at radius 1 is 1.52 bits per heavy atom. The number of hydrazine groups is 1. The molecule has 2 aromatic rings. The zero-order chi connectivity index (χ0) is 24.3. The maximum atomic E-state index is 12.7. The summed E-state index contributed by atoms with van der Waals surface area (Å²) in [5.74, 6) is -1.44. The molecule has 0 spiro atoms. The number of thiazole rings is 1. The third kappa shape index (κ3) is 5.46. The number of rotatable bonds is 8. The lowest BCUT2D eigenvalue weighted by atomic mass is 10.0. The van der Waals surface area contributed by atoms with Crippen LogP contribution in [0, 0.1) is 12.3 Å². The third-order valence-electron chi connectivity index (χ3n) is 5.43. The van der Waals surface area contributed by atoms with E-state index in [0.717, 1.165) is 17.0 Å². The summed E-state index contributed by atoms with van der Waals surface area (Å²) >= 11 is 7.08. The molecule has 0 aliphatic carbocycles. The second-order valence-electron chi connectivity index (χ2n) is 7.57. The average Bonchev–Trinajstić information content (AvgIpc) is 3.38. The van der Waals surface area contributed by atoms with Gasteiger partial charge in [0.15, 0.2) is 11.0 Å². The molecule has 0 bridgehead atoms. The number of carbonyl (C=O) groups excluding carboxylic acids is 1. The van der Waals surface area contributed by atoms with Gasteiger partial charge in [-0.1, -0.05) is 22.9 Å². The molecular weight excluding hydrogens is 470 g/mol. The topological polar surface area (TPSA) is 147 Å². The first kappa shape index (κ1) is 25.0. The number of amides is 1. The molecule has 0 radical (unpaired) electrons. The number of amidine groups is 1. The highest BCUT2D eigenvalue weighted by molar-refractivity contribution is 7.17. The molecule has 2 atom stereocenters. The van der Waals surface area contributed by atoms with E-state index in [1.807, 2.05) is 11.8 Å². The van der Waals surface area contributed by atoms with Crippen molar-refractivity contribution in [1.82, 2.24) is 25.7 Å². The van der Waals surface area contributed by atoms with Gasteiger partial charge in [-0.05, 0) is 26.3 Å². The predicted molar refractivity (Wildman–Crippen MR) is 127 cm³/mol. The van der Waals surface area contributed by atoms with E-state index in [4.69, 9.17) is 21.7 Å². The van der Waals surface area contributed by atoms with Crippen LogP contribution in [0.2, 0.25) is 5.02 Å². The van der Waals surface area contributed by atoms with Gasteiger partial charge in [0.25, 0.3) is 5.91 Å². The Kier molecular flexibility index (Phi) is 7.95. The average molecular weight is 498 g/mol. The standard InChI is InChI=1S/C20H28ClN7O4S/c1-5-32-14-9-28(7-6-12(14)25-18(29)13-8-11(21)10(2)24-13)20-26-15(16(33-20)19(30)31)17(22)27(4)23-3/h8,12,14,22-24H,5-7,9H2,1-4H3,(H,25,29)(H,30,31)/t12-,14+/m1/s1. The van der Waals surface area contributed by atoms with E-state index in [2.05, 4.69) is 20.7 Å². The number of carboxylic acid groups (broad SMARTS) is 1. The van der Waals surface area contributed by atoms with E-state index in [-0.39, 0.29) is 34.5 Å². The number of halogens is 1. The molecule has 1 aliphatic heterocycles. The van der Waals surface area contributed by atoms with Crippen LogP contribution >= 0.6 is 22.9 Å². The fraction of sp³-hybridized carbons (Fsp3) is 0.500. The second-order valence-corrected chi connectivity index (χ2v) is 8.96. The van der Waals surface area contributed by atoms with E-state index in [1.165, 1.54) is 5.01 Å². The Morgan fingerprint density at radius 2 is 2.24 bits per heavy atom. The molecule has 1 fully saturated rings. The zero-order valence-corrected chi connectivity index (χ0v) is 20.4. The van der Waals surface area contributed by atoms with Crippen LogP contribution in [0.3, 0.4) is 0 Å². The summed E-state index contributed by atoms with van der Waals surface area (Å²) in [5, 5.41) is 23.3. The van der Waals surface area contributed by atoms with E-state index >= 15 is 0 Å². The number of H-pyrrole nitrogens is 1. The molecular formula is C20H28ClN7O4S. The minimum atomic E-state index is -1.13. The van der Waals surface area contributed by atoms with Crippen LogP contribution < -0.4 is 15.6 Å². The Morgan fingerprint density at radius 3 is 2.82 bits per heavy atom. The predicted octanol–water partition coefficient (Wildman–Crippen LogP) is 1.94. The summed E-state index contributed by atoms with van der Waals surface area (Å²) in [7, 11) is 3.25. The van der Waals surface area contributed by atoms with Gasteiger partial charge < -0.3 is 25.0 Å². The Balaban J connectivity index is 1.77. The van der Waals surface area contributed by atoms with E-state index in [9.17, 15) is 14.7 Å². The summed E-state index contributed by atoms with van der Waals surface area (Å²) < 4.78 is 5.91. The van der Waals surface area contributed by atoms with Gasteiger partial charge in [0.1, 0.15) is 16.3 Å². The van der Waals surface area contributed by atoms with Gasteiger partial charge in [-0.15, -0.1) is 0 Å². The van der Waals surface area contributed by atoms with Crippen molar-refractivity contribution < 1.29 is 19.4 Å². The minimum Gasteiger partial charge on any atom is -0.477 e. The summed E-state index contributed by atoms with van der Waals surface area (Å²) in [6.07, 6.45) is 0.258. The summed E-state index contributed by atoms with van der Waals surface area (Å²) in [4.78, 5) is 33.8. The molecule has 0 aromatic carbocycles. The van der Waals surface area contributed by atoms with Crippen LogP contribution in [0.5, 0.6) is 0 Å². The van der Waals surface area contributed by atoms with Gasteiger partial charge in [0.2, 0.25) is 0 Å². The molecule has 1 aliphatic rings. The van der Waals surface area contributed by atoms with Crippen LogP contribution in [-0.2, 0) is 4.74 Å². The molecule has 0 unspecified atom stereocenters. The van der Waals surface area contributed by atoms with Crippen molar-refractivity contribution >= 4 is 45.8 Å². The lowest BCUT2D eigenvalue weighted by Gasteiger charge is -2.38. The second kappa shape index (κ2) is 10.5. The largest absolute Gasteiger partial charge is 0.477 e. The van der Waals surface area contributed by atoms with E-state index < -0.39 is 5.97 Å². The zero-order valence-electron chi connectivity index (χ0n) is 18.9. The van der Waals surface area contributed by atoms with E-state index in [1.54, 1.807) is 27.1 Å². The minimum absolute atomic E-state index is 0.000482. The van der Waals surface area contributed by atoms with E-state index in [0.29, 0.717) is 42.0 Å². The first-order valence-corrected chi connectivity index (χ1v) is 11.6. The molecule has 1 amide bonds. The molecule has 0 saturated carbocycles. The first-order chi connectivity index (χ1) is 15.7. The smallest absolute Gasteiger partial charge is 0.348 e. The Labute approximate surface area is 200 Å². The number of ether oxygens (including phenoxy) is 1. The summed E-state index contributed by atoms with van der Waals surface area (Å²) in [6, 6.07) is 1.36. The van der Waals surface area contributed by atoms with Crippen LogP contribution in [0.25, 0.3) is 0 Å². The summed E-state index contributed by atoms with van der Waals surface area (Å²) in [5.41, 5.74) is 3.99. The van der Waals surface area contributed by atoms with Crippen molar-refractivity contribution in [2.75, 3.05) is 38.7 Å². The van der Waals surface area contributed by atoms with Crippen LogP contribution in [0.15, 0.2) is 6.07 Å². The van der Waals surface area contributed by atoms with Crippen molar-refractivity contribution in [3.05, 3.63) is 33.0 Å². The lowest BCUT2D eigenvalue weighted by molar-refractivity contribution is 0.0272. The van der Waals surface area contributed by atoms with Gasteiger partial charge in [-0.2, -0.15) is 0 Å². The number of carboxylic acids is 1. The van der Waals surface area contributed by atoms with Crippen LogP contribution in [0.1, 0.15) is 44.9 Å². The molecule has 5 N–H and O–H groups in total. The van der Waals surface area contributed by atoms with Crippen molar-refractivity contribution in [1.29, 1.82) is 5.41 Å². The van der Waals surface area contributed by atoms with Crippen LogP contribution in [0.4, 0.5) is 5.13 Å². The fourth-order valence-corrected chi connectivity index (χ4v) is 4.66. The van der Waals surface area contributed by atoms with Gasteiger partial charge in [0.05, 0.1) is 17.2 Å². The molecule has 1 saturated heterocycles. The van der Waals surface area contributed by atoms with Crippen molar-refractivity contribution in [3.8, 4) is 0 Å². The Hall–Kier alpha value is -2.67. The highest BCUT2D eigenvalue weighted by Gasteiger charge is 2.34. The SMILES string of the molecule is CCO[C@H]1CN(c2nc(C(=N)N(C)NC)c(C(=O)O)s2)CC[C@H]1NC(=O)c1cc(Cl)c(C)[nH]1. The highest BCUT2D eigenvalue weighted by atomic mass is 35.5. The Bertz CT molecular complexity index is 1020. The van der Waals surface area contributed by atoms with Gasteiger partial charge in [0, 0.05) is 39.5 Å². The molecule has 2 aromatic heterocycles. The van der Waals surface area contributed by atoms with Gasteiger partial charge in [-0.3, -0.25) is 15.2 Å². The molecule has 33 heavy (non-hydrogen) atoms. The molecule has 13 heteroatoms. The first-order valence-electron chi connectivity index (χ1n) is 10.4. The quantitative estimate of drug-likeness (QED) is 0.211. The normalized spacial score (nSPS) is 18.3. The third-order valence-corrected chi connectivity index (χ3v) is 6.92. The van der Waals surface area contributed by atoms with Gasteiger partial charge >= 0.3 is 5.97 Å². The monoisotopic (exact) mass is 497 g/mol. The van der Waals surface area contributed by atoms with Crippen molar-refractivity contribution in [2.45, 2.75) is 32.4 Å². The number of nitrogens with zero attached hydrogens (tertiary/aromatic N) is 3. The number of nitrogens with one attached hydrogen (secondary N) is 4. The number of piperidine rings is 1. The molecule has 3 rings (SSSR count). The number of aromatic nitrogens is 2. The van der Waals surface area contributed by atoms with Crippen molar-refractivity contribution in [3.63, 3.8) is 0 Å². The fourth-order valence-electron chi connectivity index (χ4n) is 3.56. The molecule has 3 heterocycles. The highest BCUT2D eigenvalue weighted by Crippen LogP contribution is 2.30. The number of carbonyl (C=O) groups is 2. The molecule has 11 nitrogen and oxygen atoms in total.